The minimum Gasteiger partial charge on any atom is -0.466 e. The first-order chi connectivity index (χ1) is 16.3. The lowest BCUT2D eigenvalue weighted by molar-refractivity contribution is -0.153. The van der Waals surface area contributed by atoms with E-state index in [4.69, 9.17) is 28.4 Å². The van der Waals surface area contributed by atoms with Crippen molar-refractivity contribution in [2.24, 2.45) is 0 Å². The average Bonchev–Trinajstić information content (AvgIpc) is 2.80. The lowest BCUT2D eigenvalue weighted by atomic mass is 10.3. The maximum absolute atomic E-state index is 11.7. The predicted octanol–water partition coefficient (Wildman–Crippen LogP) is 0.641. The van der Waals surface area contributed by atoms with Crippen LogP contribution < -0.4 is 0 Å². The fourth-order valence-corrected chi connectivity index (χ4v) is 2.21. The minimum absolute atomic E-state index is 0.0604. The van der Waals surface area contributed by atoms with Crippen LogP contribution in [-0.4, -0.2) is 102 Å². The van der Waals surface area contributed by atoms with Gasteiger partial charge in [-0.3, -0.25) is 28.9 Å². The van der Waals surface area contributed by atoms with Gasteiger partial charge in [0.1, 0.15) is 26.4 Å². The molecule has 0 heterocycles. The molecule has 0 aliphatic heterocycles. The van der Waals surface area contributed by atoms with Gasteiger partial charge in [0.25, 0.3) is 0 Å². The highest BCUT2D eigenvalue weighted by Gasteiger charge is 2.12. The summed E-state index contributed by atoms with van der Waals surface area (Å²) in [4.78, 5) is 59.3. The topological polar surface area (TPSA) is 144 Å². The second kappa shape index (κ2) is 20.8. The van der Waals surface area contributed by atoms with Crippen molar-refractivity contribution in [3.05, 3.63) is 0 Å². The zero-order chi connectivity index (χ0) is 25.6. The quantitative estimate of drug-likeness (QED) is 0.134. The second-order valence-electron chi connectivity index (χ2n) is 7.15. The molecule has 12 heteroatoms. The fraction of sp³-hybridized carbons (Fsp3) is 0.773. The number of nitrogens with zero attached hydrogens (tertiary/aromatic N) is 1. The molecule has 0 aliphatic carbocycles. The molecule has 0 aromatic carbocycles. The molecule has 0 rings (SSSR count). The van der Waals surface area contributed by atoms with Crippen molar-refractivity contribution >= 4 is 29.8 Å². The zero-order valence-corrected chi connectivity index (χ0v) is 20.3. The van der Waals surface area contributed by atoms with E-state index < -0.39 is 29.8 Å². The van der Waals surface area contributed by atoms with E-state index in [0.29, 0.717) is 32.7 Å². The van der Waals surface area contributed by atoms with Crippen LogP contribution in [0.15, 0.2) is 0 Å². The Hall–Kier alpha value is -2.73. The Morgan fingerprint density at radius 2 is 0.912 bits per heavy atom. The summed E-state index contributed by atoms with van der Waals surface area (Å²) in [7, 11) is 3.26. The Balaban J connectivity index is 3.70. The minimum atomic E-state index is -0.585. The van der Waals surface area contributed by atoms with Crippen LogP contribution >= 0.6 is 0 Å². The molecule has 0 aliphatic rings. The molecule has 0 atom stereocenters. The Kier molecular flexibility index (Phi) is 19.2. The van der Waals surface area contributed by atoms with Gasteiger partial charge in [0.15, 0.2) is 0 Å². The van der Waals surface area contributed by atoms with E-state index in [1.54, 1.807) is 11.9 Å². The Morgan fingerprint density at radius 1 is 0.529 bits per heavy atom. The maximum atomic E-state index is 11.7. The number of methoxy groups -OCH3 is 1. The molecule has 0 bridgehead atoms. The third kappa shape index (κ3) is 19.9. The summed E-state index contributed by atoms with van der Waals surface area (Å²) in [5.41, 5.74) is 0. The normalized spacial score (nSPS) is 10.5. The Bertz CT molecular complexity index is 624. The number of hydrogen-bond acceptors (Lipinski definition) is 12. The van der Waals surface area contributed by atoms with Crippen molar-refractivity contribution in [3.63, 3.8) is 0 Å². The number of ether oxygens (including phenoxy) is 6. The molecule has 0 radical (unpaired) electrons. The Labute approximate surface area is 200 Å². The van der Waals surface area contributed by atoms with Gasteiger partial charge in [0, 0.05) is 20.2 Å². The third-order valence-electron chi connectivity index (χ3n) is 4.13. The highest BCUT2D eigenvalue weighted by Crippen LogP contribution is 1.99. The largest absolute Gasteiger partial charge is 0.466 e. The van der Waals surface area contributed by atoms with Crippen LogP contribution in [0.3, 0.4) is 0 Å². The molecular formula is C22H37NO11. The molecule has 0 unspecified atom stereocenters. The summed E-state index contributed by atoms with van der Waals surface area (Å²) in [5.74, 6) is -2.56. The number of hydrogen-bond donors (Lipinski definition) is 0. The van der Waals surface area contributed by atoms with E-state index in [9.17, 15) is 24.0 Å². The van der Waals surface area contributed by atoms with Crippen molar-refractivity contribution in [2.45, 2.75) is 45.4 Å². The molecule has 0 amide bonds. The summed E-state index contributed by atoms with van der Waals surface area (Å²) in [6.45, 7) is 3.56. The van der Waals surface area contributed by atoms with Crippen molar-refractivity contribution in [2.75, 3.05) is 66.9 Å². The fourth-order valence-electron chi connectivity index (χ4n) is 2.21. The van der Waals surface area contributed by atoms with Crippen molar-refractivity contribution < 1.29 is 52.4 Å². The highest BCUT2D eigenvalue weighted by molar-refractivity contribution is 5.78. The molecule has 0 N–H and O–H groups in total. The molecule has 0 fully saturated rings. The second-order valence-corrected chi connectivity index (χ2v) is 7.15. The SMILES string of the molecule is CCCOC(=O)CCC(=O)OCCC(=O)OCCN(C)CCOC(=O)CCC(=O)OCCOC. The van der Waals surface area contributed by atoms with Crippen molar-refractivity contribution in [1.82, 2.24) is 4.90 Å². The van der Waals surface area contributed by atoms with Gasteiger partial charge in [0.2, 0.25) is 0 Å². The van der Waals surface area contributed by atoms with Gasteiger partial charge in [0.05, 0.1) is 45.3 Å². The van der Waals surface area contributed by atoms with Crippen molar-refractivity contribution in [3.8, 4) is 0 Å². The van der Waals surface area contributed by atoms with Gasteiger partial charge < -0.3 is 28.4 Å². The summed E-state index contributed by atoms with van der Waals surface area (Å²) < 4.78 is 29.4. The average molecular weight is 492 g/mol. The van der Waals surface area contributed by atoms with Crippen molar-refractivity contribution in [1.29, 1.82) is 0 Å². The summed E-state index contributed by atoms with van der Waals surface area (Å²) >= 11 is 0. The summed E-state index contributed by atoms with van der Waals surface area (Å²) in [6.07, 6.45) is 0.312. The molecule has 0 spiro atoms. The molecule has 34 heavy (non-hydrogen) atoms. The smallest absolute Gasteiger partial charge is 0.309 e. The molecule has 196 valence electrons. The molecule has 0 saturated heterocycles. The highest BCUT2D eigenvalue weighted by atomic mass is 16.6. The van der Waals surface area contributed by atoms with Gasteiger partial charge >= 0.3 is 29.8 Å². The predicted molar refractivity (Wildman–Crippen MR) is 118 cm³/mol. The van der Waals surface area contributed by atoms with E-state index in [0.717, 1.165) is 0 Å². The number of carbonyl (C=O) groups is 5. The van der Waals surface area contributed by atoms with Crippen LogP contribution in [-0.2, 0) is 52.4 Å². The van der Waals surface area contributed by atoms with E-state index in [1.807, 2.05) is 6.92 Å². The van der Waals surface area contributed by atoms with E-state index in [1.165, 1.54) is 7.11 Å². The first-order valence-electron chi connectivity index (χ1n) is 11.2. The first kappa shape index (κ1) is 31.3. The third-order valence-corrected chi connectivity index (χ3v) is 4.13. The summed E-state index contributed by atoms with van der Waals surface area (Å²) in [6, 6.07) is 0. The van der Waals surface area contributed by atoms with Crippen LogP contribution in [0.2, 0.25) is 0 Å². The van der Waals surface area contributed by atoms with Gasteiger partial charge in [-0.2, -0.15) is 0 Å². The van der Waals surface area contributed by atoms with E-state index >= 15 is 0 Å². The Morgan fingerprint density at radius 3 is 1.35 bits per heavy atom. The number of carbonyl (C=O) groups excluding carboxylic acids is 5. The van der Waals surface area contributed by atoms with Gasteiger partial charge in [-0.1, -0.05) is 6.92 Å². The molecule has 0 saturated carbocycles. The number of esters is 5. The van der Waals surface area contributed by atoms with Gasteiger partial charge in [-0.05, 0) is 13.5 Å². The van der Waals surface area contributed by atoms with Gasteiger partial charge in [-0.25, -0.2) is 0 Å². The monoisotopic (exact) mass is 491 g/mol. The summed E-state index contributed by atoms with van der Waals surface area (Å²) in [5, 5.41) is 0. The van der Waals surface area contributed by atoms with Crippen LogP contribution in [0.25, 0.3) is 0 Å². The number of rotatable bonds is 20. The standard InChI is InChI=1S/C22H37NO11/c1-4-12-30-18(24)5-6-19(25)31-13-9-22(28)33-15-11-23(2)10-14-32-20(26)7-8-21(27)34-17-16-29-3/h4-17H2,1-3H3. The van der Waals surface area contributed by atoms with Gasteiger partial charge in [-0.15, -0.1) is 0 Å². The lowest BCUT2D eigenvalue weighted by Crippen LogP contribution is -2.28. The molecule has 12 nitrogen and oxygen atoms in total. The molecule has 0 aromatic heterocycles. The van der Waals surface area contributed by atoms with E-state index in [2.05, 4.69) is 0 Å². The van der Waals surface area contributed by atoms with Crippen LogP contribution in [0.1, 0.15) is 45.4 Å². The van der Waals surface area contributed by atoms with Crippen LogP contribution in [0.4, 0.5) is 0 Å². The molecule has 0 aromatic rings. The molecular weight excluding hydrogens is 454 g/mol. The zero-order valence-electron chi connectivity index (χ0n) is 20.3. The van der Waals surface area contributed by atoms with Crippen LogP contribution in [0, 0.1) is 0 Å². The maximum Gasteiger partial charge on any atom is 0.309 e. The first-order valence-corrected chi connectivity index (χ1v) is 11.2. The lowest BCUT2D eigenvalue weighted by Gasteiger charge is -2.16. The number of likely N-dealkylation sites (N-methyl/N-ethyl adjacent to an activating group) is 1. The van der Waals surface area contributed by atoms with Crippen LogP contribution in [0.5, 0.6) is 0 Å². The van der Waals surface area contributed by atoms with E-state index in [-0.39, 0.29) is 58.5 Å².